The van der Waals surface area contributed by atoms with Crippen molar-refractivity contribution in [2.45, 2.75) is 38.2 Å². The molecule has 0 fully saturated rings. The second kappa shape index (κ2) is 5.99. The smallest absolute Gasteiger partial charge is 0.0322 e. The van der Waals surface area contributed by atoms with Crippen molar-refractivity contribution in [2.75, 3.05) is 0 Å². The standard InChI is InChI=1S/C11H17ClN2/c1-9(12)6-10(2)14-8-11-4-3-5-13-7-11/h3-5,7,9-10,14H,6,8H2,1-2H3. The third kappa shape index (κ3) is 4.58. The summed E-state index contributed by atoms with van der Waals surface area (Å²) in [5, 5.41) is 3.63. The molecule has 3 heteroatoms. The molecule has 1 rings (SSSR count). The number of nitrogens with one attached hydrogen (secondary N) is 1. The third-order valence-electron chi connectivity index (χ3n) is 2.06. The Bertz CT molecular complexity index is 249. The number of halogens is 1. The highest BCUT2D eigenvalue weighted by Gasteiger charge is 2.04. The van der Waals surface area contributed by atoms with Crippen LogP contribution in [0.1, 0.15) is 25.8 Å². The van der Waals surface area contributed by atoms with Gasteiger partial charge in [0.25, 0.3) is 0 Å². The largest absolute Gasteiger partial charge is 0.310 e. The predicted octanol–water partition coefficient (Wildman–Crippen LogP) is 2.58. The lowest BCUT2D eigenvalue weighted by atomic mass is 10.2. The molecular weight excluding hydrogens is 196 g/mol. The number of pyridine rings is 1. The van der Waals surface area contributed by atoms with Crippen LogP contribution in [0.4, 0.5) is 0 Å². The molecule has 0 aliphatic carbocycles. The van der Waals surface area contributed by atoms with Crippen LogP contribution in [-0.2, 0) is 6.54 Å². The lowest BCUT2D eigenvalue weighted by Gasteiger charge is -2.14. The Morgan fingerprint density at radius 2 is 2.29 bits per heavy atom. The fourth-order valence-electron chi connectivity index (χ4n) is 1.37. The van der Waals surface area contributed by atoms with Gasteiger partial charge in [-0.05, 0) is 31.9 Å². The number of aromatic nitrogens is 1. The van der Waals surface area contributed by atoms with Crippen molar-refractivity contribution in [3.63, 3.8) is 0 Å². The van der Waals surface area contributed by atoms with Crippen molar-refractivity contribution in [3.05, 3.63) is 30.1 Å². The quantitative estimate of drug-likeness (QED) is 0.759. The van der Waals surface area contributed by atoms with E-state index in [0.29, 0.717) is 6.04 Å². The van der Waals surface area contributed by atoms with Crippen molar-refractivity contribution in [2.24, 2.45) is 0 Å². The Morgan fingerprint density at radius 1 is 1.50 bits per heavy atom. The van der Waals surface area contributed by atoms with E-state index in [-0.39, 0.29) is 5.38 Å². The fraction of sp³-hybridized carbons (Fsp3) is 0.545. The molecule has 0 spiro atoms. The first-order valence-corrected chi connectivity index (χ1v) is 5.38. The highest BCUT2D eigenvalue weighted by molar-refractivity contribution is 6.20. The number of hydrogen-bond acceptors (Lipinski definition) is 2. The Labute approximate surface area is 90.7 Å². The predicted molar refractivity (Wildman–Crippen MR) is 60.5 cm³/mol. The van der Waals surface area contributed by atoms with Gasteiger partial charge < -0.3 is 5.32 Å². The highest BCUT2D eigenvalue weighted by Crippen LogP contribution is 2.05. The van der Waals surface area contributed by atoms with Gasteiger partial charge in [-0.2, -0.15) is 0 Å². The van der Waals surface area contributed by atoms with Crippen molar-refractivity contribution < 1.29 is 0 Å². The maximum absolute atomic E-state index is 5.90. The first-order chi connectivity index (χ1) is 6.68. The number of hydrogen-bond donors (Lipinski definition) is 1. The minimum Gasteiger partial charge on any atom is -0.310 e. The van der Waals surface area contributed by atoms with Crippen LogP contribution in [0.25, 0.3) is 0 Å². The number of rotatable bonds is 5. The topological polar surface area (TPSA) is 24.9 Å². The lowest BCUT2D eigenvalue weighted by molar-refractivity contribution is 0.511. The Hall–Kier alpha value is -0.600. The van der Waals surface area contributed by atoms with Crippen molar-refractivity contribution in [1.29, 1.82) is 0 Å². The molecular formula is C11H17ClN2. The molecule has 1 aromatic rings. The minimum atomic E-state index is 0.228. The van der Waals surface area contributed by atoms with Gasteiger partial charge in [-0.3, -0.25) is 4.98 Å². The summed E-state index contributed by atoms with van der Waals surface area (Å²) in [6.45, 7) is 5.03. The van der Waals surface area contributed by atoms with Gasteiger partial charge in [0.1, 0.15) is 0 Å². The van der Waals surface area contributed by atoms with Gasteiger partial charge in [-0.15, -0.1) is 11.6 Å². The van der Waals surface area contributed by atoms with Crippen LogP contribution < -0.4 is 5.32 Å². The van der Waals surface area contributed by atoms with Crippen molar-refractivity contribution in [1.82, 2.24) is 10.3 Å². The molecule has 0 bridgehead atoms. The van der Waals surface area contributed by atoms with E-state index < -0.39 is 0 Å². The van der Waals surface area contributed by atoms with Crippen molar-refractivity contribution >= 4 is 11.6 Å². The average Bonchev–Trinajstić information content (AvgIpc) is 2.15. The van der Waals surface area contributed by atoms with E-state index >= 15 is 0 Å². The second-order valence-corrected chi connectivity index (χ2v) is 4.40. The molecule has 0 amide bonds. The molecule has 0 aliphatic rings. The van der Waals surface area contributed by atoms with Crippen LogP contribution in [0.5, 0.6) is 0 Å². The molecule has 2 nitrogen and oxygen atoms in total. The van der Waals surface area contributed by atoms with Crippen molar-refractivity contribution in [3.8, 4) is 0 Å². The van der Waals surface area contributed by atoms with Crippen LogP contribution in [-0.4, -0.2) is 16.4 Å². The van der Waals surface area contributed by atoms with E-state index in [4.69, 9.17) is 11.6 Å². The summed E-state index contributed by atoms with van der Waals surface area (Å²) in [4.78, 5) is 4.06. The van der Waals surface area contributed by atoms with Crippen LogP contribution in [0.2, 0.25) is 0 Å². The van der Waals surface area contributed by atoms with Crippen LogP contribution in [0.3, 0.4) is 0 Å². The molecule has 2 unspecified atom stereocenters. The van der Waals surface area contributed by atoms with Crippen LogP contribution in [0, 0.1) is 0 Å². The molecule has 1 heterocycles. The zero-order valence-corrected chi connectivity index (χ0v) is 9.46. The second-order valence-electron chi connectivity index (χ2n) is 3.66. The van der Waals surface area contributed by atoms with Gasteiger partial charge in [0.2, 0.25) is 0 Å². The molecule has 1 aromatic heterocycles. The van der Waals surface area contributed by atoms with Gasteiger partial charge in [0, 0.05) is 30.4 Å². The van der Waals surface area contributed by atoms with Gasteiger partial charge in [0.05, 0.1) is 0 Å². The zero-order valence-electron chi connectivity index (χ0n) is 8.70. The number of alkyl halides is 1. The summed E-state index contributed by atoms with van der Waals surface area (Å²) in [6.07, 6.45) is 4.65. The molecule has 78 valence electrons. The van der Waals surface area contributed by atoms with Crippen LogP contribution in [0.15, 0.2) is 24.5 Å². The molecule has 0 aliphatic heterocycles. The maximum Gasteiger partial charge on any atom is 0.0322 e. The SMILES string of the molecule is CC(Cl)CC(C)NCc1cccnc1. The highest BCUT2D eigenvalue weighted by atomic mass is 35.5. The molecule has 0 radical (unpaired) electrons. The van der Waals surface area contributed by atoms with Crippen LogP contribution >= 0.6 is 11.6 Å². The van der Waals surface area contributed by atoms with E-state index in [2.05, 4.69) is 23.3 Å². The molecule has 2 atom stereocenters. The average molecular weight is 213 g/mol. The normalized spacial score (nSPS) is 15.1. The molecule has 0 saturated heterocycles. The lowest BCUT2D eigenvalue weighted by Crippen LogP contribution is -2.27. The summed E-state index contributed by atoms with van der Waals surface area (Å²) in [5.74, 6) is 0. The molecule has 14 heavy (non-hydrogen) atoms. The van der Waals surface area contributed by atoms with E-state index in [1.807, 2.05) is 19.2 Å². The minimum absolute atomic E-state index is 0.228. The summed E-state index contributed by atoms with van der Waals surface area (Å²) < 4.78 is 0. The molecule has 0 aromatic carbocycles. The monoisotopic (exact) mass is 212 g/mol. The van der Waals surface area contributed by atoms with E-state index in [0.717, 1.165) is 13.0 Å². The number of nitrogens with zero attached hydrogens (tertiary/aromatic N) is 1. The Balaban J connectivity index is 2.27. The van der Waals surface area contributed by atoms with E-state index in [1.165, 1.54) is 5.56 Å². The maximum atomic E-state index is 5.90. The molecule has 1 N–H and O–H groups in total. The summed E-state index contributed by atoms with van der Waals surface area (Å²) >= 11 is 5.90. The van der Waals surface area contributed by atoms with Gasteiger partial charge in [0.15, 0.2) is 0 Å². The summed E-state index contributed by atoms with van der Waals surface area (Å²) in [6, 6.07) is 4.46. The molecule has 0 saturated carbocycles. The summed E-state index contributed by atoms with van der Waals surface area (Å²) in [7, 11) is 0. The van der Waals surface area contributed by atoms with Gasteiger partial charge >= 0.3 is 0 Å². The zero-order chi connectivity index (χ0) is 10.4. The van der Waals surface area contributed by atoms with E-state index in [1.54, 1.807) is 6.20 Å². The Kier molecular flexibility index (Phi) is 4.91. The van der Waals surface area contributed by atoms with E-state index in [9.17, 15) is 0 Å². The fourth-order valence-corrected chi connectivity index (χ4v) is 1.63. The third-order valence-corrected chi connectivity index (χ3v) is 2.23. The first-order valence-electron chi connectivity index (χ1n) is 4.95. The van der Waals surface area contributed by atoms with Gasteiger partial charge in [-0.1, -0.05) is 6.07 Å². The summed E-state index contributed by atoms with van der Waals surface area (Å²) in [5.41, 5.74) is 1.21. The Morgan fingerprint density at radius 3 is 2.86 bits per heavy atom. The van der Waals surface area contributed by atoms with Gasteiger partial charge in [-0.25, -0.2) is 0 Å². The first kappa shape index (κ1) is 11.5.